The molecule has 0 bridgehead atoms. The van der Waals surface area contributed by atoms with Gasteiger partial charge in [-0.25, -0.2) is 0 Å². The highest BCUT2D eigenvalue weighted by atomic mass is 15.1. The molecule has 1 aliphatic heterocycles. The molecule has 114 valence electrons. The number of hydrogen-bond donors (Lipinski definition) is 1. The lowest BCUT2D eigenvalue weighted by molar-refractivity contribution is 0.448. The molecule has 0 amide bonds. The van der Waals surface area contributed by atoms with Crippen LogP contribution in [-0.2, 0) is 0 Å². The Balaban J connectivity index is 1.73. The molecule has 0 spiro atoms. The summed E-state index contributed by atoms with van der Waals surface area (Å²) in [5, 5.41) is 3.34. The fourth-order valence-electron chi connectivity index (χ4n) is 3.02. The summed E-state index contributed by atoms with van der Waals surface area (Å²) in [6.07, 6.45) is 0. The minimum atomic E-state index is 0.672. The topological polar surface area (TPSA) is 15.3 Å². The van der Waals surface area contributed by atoms with Crippen LogP contribution in [0.5, 0.6) is 0 Å². The van der Waals surface area contributed by atoms with Crippen LogP contribution in [-0.4, -0.2) is 13.1 Å². The molecule has 0 atom stereocenters. The highest BCUT2D eigenvalue weighted by molar-refractivity contribution is 5.76. The maximum atomic E-state index is 3.34. The van der Waals surface area contributed by atoms with Crippen LogP contribution in [0.15, 0.2) is 84.9 Å². The standard InChI is InChI=1S/C21H20N2/c1-3-7-19(8-4-1)23(20-9-5-2-6-10-20)21-13-11-17(12-14-21)18-15-22-16-18/h1-14,18,22H,15-16H2. The summed E-state index contributed by atoms with van der Waals surface area (Å²) in [5.74, 6) is 0.672. The van der Waals surface area contributed by atoms with Gasteiger partial charge >= 0.3 is 0 Å². The Bertz CT molecular complexity index is 707. The highest BCUT2D eigenvalue weighted by Gasteiger charge is 2.19. The molecule has 1 aliphatic rings. The zero-order valence-electron chi connectivity index (χ0n) is 13.0. The zero-order valence-corrected chi connectivity index (χ0v) is 13.0. The number of nitrogens with zero attached hydrogens (tertiary/aromatic N) is 1. The summed E-state index contributed by atoms with van der Waals surface area (Å²) >= 11 is 0. The fourth-order valence-corrected chi connectivity index (χ4v) is 3.02. The monoisotopic (exact) mass is 300 g/mol. The molecule has 1 heterocycles. The zero-order chi connectivity index (χ0) is 15.5. The van der Waals surface area contributed by atoms with E-state index in [0.29, 0.717) is 5.92 Å². The molecule has 2 nitrogen and oxygen atoms in total. The van der Waals surface area contributed by atoms with Gasteiger partial charge in [-0.3, -0.25) is 0 Å². The summed E-state index contributed by atoms with van der Waals surface area (Å²) in [4.78, 5) is 2.29. The van der Waals surface area contributed by atoms with Gasteiger partial charge < -0.3 is 10.2 Å². The van der Waals surface area contributed by atoms with Gasteiger partial charge in [-0.2, -0.15) is 0 Å². The van der Waals surface area contributed by atoms with Gasteiger partial charge in [-0.05, 0) is 42.0 Å². The van der Waals surface area contributed by atoms with Crippen molar-refractivity contribution in [3.8, 4) is 0 Å². The molecule has 0 aromatic heterocycles. The molecular formula is C21H20N2. The number of anilines is 3. The minimum Gasteiger partial charge on any atom is -0.315 e. The minimum absolute atomic E-state index is 0.672. The summed E-state index contributed by atoms with van der Waals surface area (Å²) in [5.41, 5.74) is 4.97. The fraction of sp³-hybridized carbons (Fsp3) is 0.143. The first-order valence-corrected chi connectivity index (χ1v) is 8.13. The summed E-state index contributed by atoms with van der Waals surface area (Å²) in [6.45, 7) is 2.20. The number of benzene rings is 3. The average molecular weight is 300 g/mol. The molecule has 23 heavy (non-hydrogen) atoms. The van der Waals surface area contributed by atoms with E-state index >= 15 is 0 Å². The second-order valence-corrected chi connectivity index (χ2v) is 5.95. The lowest BCUT2D eigenvalue weighted by Crippen LogP contribution is -2.39. The first-order chi connectivity index (χ1) is 11.4. The van der Waals surface area contributed by atoms with Gasteiger partial charge in [0.25, 0.3) is 0 Å². The van der Waals surface area contributed by atoms with Crippen molar-refractivity contribution in [2.75, 3.05) is 18.0 Å². The predicted molar refractivity (Wildman–Crippen MR) is 96.7 cm³/mol. The Morgan fingerprint density at radius 3 is 1.52 bits per heavy atom. The predicted octanol–water partition coefficient (Wildman–Crippen LogP) is 4.84. The van der Waals surface area contributed by atoms with Crippen molar-refractivity contribution in [2.24, 2.45) is 0 Å². The van der Waals surface area contributed by atoms with Gasteiger partial charge in [0.2, 0.25) is 0 Å². The van der Waals surface area contributed by atoms with E-state index in [-0.39, 0.29) is 0 Å². The van der Waals surface area contributed by atoms with E-state index in [1.165, 1.54) is 22.6 Å². The normalized spacial score (nSPS) is 14.3. The largest absolute Gasteiger partial charge is 0.315 e. The van der Waals surface area contributed by atoms with Crippen LogP contribution in [0.4, 0.5) is 17.1 Å². The lowest BCUT2D eigenvalue weighted by atomic mass is 9.93. The number of nitrogens with one attached hydrogen (secondary N) is 1. The molecule has 0 unspecified atom stereocenters. The van der Waals surface area contributed by atoms with Crippen molar-refractivity contribution in [1.29, 1.82) is 0 Å². The number of rotatable bonds is 4. The molecule has 3 aromatic rings. The second kappa shape index (κ2) is 6.27. The lowest BCUT2D eigenvalue weighted by Gasteiger charge is -2.29. The number of hydrogen-bond acceptors (Lipinski definition) is 2. The Hall–Kier alpha value is -2.58. The first-order valence-electron chi connectivity index (χ1n) is 8.13. The SMILES string of the molecule is c1ccc(N(c2ccccc2)c2ccc(C3CNC3)cc2)cc1. The van der Waals surface area contributed by atoms with E-state index in [9.17, 15) is 0 Å². The quantitative estimate of drug-likeness (QED) is 0.741. The Morgan fingerprint density at radius 1 is 0.609 bits per heavy atom. The van der Waals surface area contributed by atoms with Gasteiger partial charge in [0, 0.05) is 36.1 Å². The summed E-state index contributed by atoms with van der Waals surface area (Å²) < 4.78 is 0. The molecule has 1 saturated heterocycles. The van der Waals surface area contributed by atoms with Crippen LogP contribution in [0.2, 0.25) is 0 Å². The van der Waals surface area contributed by atoms with Gasteiger partial charge in [0.15, 0.2) is 0 Å². The van der Waals surface area contributed by atoms with E-state index in [2.05, 4.69) is 95.1 Å². The number of para-hydroxylation sites is 2. The van der Waals surface area contributed by atoms with Gasteiger partial charge in [0.1, 0.15) is 0 Å². The summed E-state index contributed by atoms with van der Waals surface area (Å²) in [6, 6.07) is 30.0. The molecular weight excluding hydrogens is 280 g/mol. The van der Waals surface area contributed by atoms with Crippen molar-refractivity contribution < 1.29 is 0 Å². The van der Waals surface area contributed by atoms with Crippen LogP contribution in [0.1, 0.15) is 11.5 Å². The second-order valence-electron chi connectivity index (χ2n) is 5.95. The summed E-state index contributed by atoms with van der Waals surface area (Å²) in [7, 11) is 0. The van der Waals surface area contributed by atoms with Crippen molar-refractivity contribution in [2.45, 2.75) is 5.92 Å². The Labute approximate surface area is 137 Å². The van der Waals surface area contributed by atoms with E-state index in [0.717, 1.165) is 13.1 Å². The van der Waals surface area contributed by atoms with Crippen LogP contribution in [0.25, 0.3) is 0 Å². The van der Waals surface area contributed by atoms with E-state index in [4.69, 9.17) is 0 Å². The van der Waals surface area contributed by atoms with Gasteiger partial charge in [-0.15, -0.1) is 0 Å². The average Bonchev–Trinajstić information content (AvgIpc) is 2.57. The third-order valence-corrected chi connectivity index (χ3v) is 4.43. The van der Waals surface area contributed by atoms with Crippen LogP contribution < -0.4 is 10.2 Å². The molecule has 0 saturated carbocycles. The van der Waals surface area contributed by atoms with Crippen LogP contribution in [0.3, 0.4) is 0 Å². The Morgan fingerprint density at radius 2 is 1.09 bits per heavy atom. The van der Waals surface area contributed by atoms with Crippen molar-refractivity contribution in [1.82, 2.24) is 5.32 Å². The maximum absolute atomic E-state index is 3.34. The first kappa shape index (κ1) is 14.0. The smallest absolute Gasteiger partial charge is 0.0461 e. The molecule has 1 N–H and O–H groups in total. The highest BCUT2D eigenvalue weighted by Crippen LogP contribution is 2.34. The van der Waals surface area contributed by atoms with Crippen LogP contribution in [0, 0.1) is 0 Å². The third kappa shape index (κ3) is 2.86. The van der Waals surface area contributed by atoms with E-state index in [1.807, 2.05) is 0 Å². The molecule has 2 heteroatoms. The van der Waals surface area contributed by atoms with Crippen molar-refractivity contribution >= 4 is 17.1 Å². The molecule has 0 radical (unpaired) electrons. The maximum Gasteiger partial charge on any atom is 0.0461 e. The Kier molecular flexibility index (Phi) is 3.83. The molecule has 1 fully saturated rings. The van der Waals surface area contributed by atoms with Gasteiger partial charge in [-0.1, -0.05) is 48.5 Å². The van der Waals surface area contributed by atoms with Crippen LogP contribution >= 0.6 is 0 Å². The molecule has 0 aliphatic carbocycles. The van der Waals surface area contributed by atoms with E-state index < -0.39 is 0 Å². The van der Waals surface area contributed by atoms with Crippen molar-refractivity contribution in [3.63, 3.8) is 0 Å². The molecule has 4 rings (SSSR count). The third-order valence-electron chi connectivity index (χ3n) is 4.43. The van der Waals surface area contributed by atoms with Gasteiger partial charge in [0.05, 0.1) is 0 Å². The molecule has 3 aromatic carbocycles. The van der Waals surface area contributed by atoms with Crippen molar-refractivity contribution in [3.05, 3.63) is 90.5 Å². The van der Waals surface area contributed by atoms with E-state index in [1.54, 1.807) is 0 Å².